The summed E-state index contributed by atoms with van der Waals surface area (Å²) >= 11 is 1.73. The molecule has 3 rings (SSSR count). The first-order valence-corrected chi connectivity index (χ1v) is 9.44. The van der Waals surface area contributed by atoms with Crippen molar-refractivity contribution < 1.29 is 14.3 Å². The van der Waals surface area contributed by atoms with Crippen molar-refractivity contribution in [2.75, 3.05) is 38.7 Å². The molecular weight excluding hydrogens is 336 g/mol. The zero-order chi connectivity index (χ0) is 17.5. The Morgan fingerprint density at radius 3 is 3.04 bits per heavy atom. The Bertz CT molecular complexity index is 675. The Hall–Kier alpha value is -2.05. The summed E-state index contributed by atoms with van der Waals surface area (Å²) in [6.07, 6.45) is 2.12. The van der Waals surface area contributed by atoms with Crippen LogP contribution in [-0.4, -0.2) is 44.2 Å². The minimum absolute atomic E-state index is 0.140. The summed E-state index contributed by atoms with van der Waals surface area (Å²) in [6.45, 7) is 2.19. The van der Waals surface area contributed by atoms with E-state index >= 15 is 0 Å². The molecule has 25 heavy (non-hydrogen) atoms. The number of amides is 1. The van der Waals surface area contributed by atoms with Crippen LogP contribution in [0, 0.1) is 0 Å². The topological polar surface area (TPSA) is 50.8 Å². The lowest BCUT2D eigenvalue weighted by Crippen LogP contribution is -2.34. The maximum atomic E-state index is 12.6. The van der Waals surface area contributed by atoms with Crippen molar-refractivity contribution >= 4 is 22.9 Å². The van der Waals surface area contributed by atoms with Crippen molar-refractivity contribution in [2.24, 2.45) is 0 Å². The molecule has 1 saturated heterocycles. The lowest BCUT2D eigenvalue weighted by Gasteiger charge is -2.24. The van der Waals surface area contributed by atoms with Gasteiger partial charge in [-0.3, -0.25) is 4.79 Å². The predicted molar refractivity (Wildman–Crippen MR) is 100 cm³/mol. The Balaban J connectivity index is 1.54. The third-order valence-electron chi connectivity index (χ3n) is 4.28. The molecule has 0 radical (unpaired) electrons. The van der Waals surface area contributed by atoms with E-state index in [0.29, 0.717) is 19.8 Å². The number of nitrogens with zero attached hydrogens (tertiary/aromatic N) is 1. The minimum Gasteiger partial charge on any atom is -0.491 e. The number of likely N-dealkylation sites (tertiary alicyclic amines) is 1. The number of nitrogens with one attached hydrogen (secondary N) is 1. The number of ether oxygens (including phenoxy) is 2. The van der Waals surface area contributed by atoms with Crippen LogP contribution in [0.2, 0.25) is 0 Å². The maximum Gasteiger partial charge on any atom is 0.242 e. The molecule has 1 aliphatic rings. The molecule has 0 saturated carbocycles. The molecule has 1 unspecified atom stereocenters. The molecule has 1 aromatic carbocycles. The predicted octanol–water partition coefficient (Wildman–Crippen LogP) is 3.55. The van der Waals surface area contributed by atoms with E-state index in [1.807, 2.05) is 35.2 Å². The number of carbonyl (C=O) groups is 1. The standard InChI is InChI=1S/C19H24N2O3S/c1-23-10-11-24-16-6-2-5-15(13-16)20-14-19(22)21-9-3-7-17(21)18-8-4-12-25-18/h2,4-6,8,12-13,17,20H,3,7,9-11,14H2,1H3. The van der Waals surface area contributed by atoms with E-state index in [9.17, 15) is 4.79 Å². The number of thiophene rings is 1. The minimum atomic E-state index is 0.140. The molecule has 1 atom stereocenters. The quantitative estimate of drug-likeness (QED) is 0.732. The Morgan fingerprint density at radius 2 is 2.24 bits per heavy atom. The van der Waals surface area contributed by atoms with E-state index in [-0.39, 0.29) is 11.9 Å². The summed E-state index contributed by atoms with van der Waals surface area (Å²) in [5.41, 5.74) is 0.884. The summed E-state index contributed by atoms with van der Waals surface area (Å²) < 4.78 is 10.6. The molecule has 0 bridgehead atoms. The van der Waals surface area contributed by atoms with E-state index in [1.54, 1.807) is 18.4 Å². The van der Waals surface area contributed by atoms with Gasteiger partial charge in [-0.25, -0.2) is 0 Å². The summed E-state index contributed by atoms with van der Waals surface area (Å²) in [4.78, 5) is 15.9. The third-order valence-corrected chi connectivity index (χ3v) is 5.25. The zero-order valence-corrected chi connectivity index (χ0v) is 15.3. The molecule has 0 spiro atoms. The molecule has 134 valence electrons. The lowest BCUT2D eigenvalue weighted by atomic mass is 10.2. The molecule has 1 fully saturated rings. The highest BCUT2D eigenvalue weighted by Crippen LogP contribution is 2.34. The van der Waals surface area contributed by atoms with Crippen LogP contribution in [0.1, 0.15) is 23.8 Å². The smallest absolute Gasteiger partial charge is 0.242 e. The van der Waals surface area contributed by atoms with Crippen LogP contribution in [-0.2, 0) is 9.53 Å². The number of hydrogen-bond acceptors (Lipinski definition) is 5. The highest BCUT2D eigenvalue weighted by atomic mass is 32.1. The number of carbonyl (C=O) groups excluding carboxylic acids is 1. The van der Waals surface area contributed by atoms with Crippen LogP contribution in [0.4, 0.5) is 5.69 Å². The van der Waals surface area contributed by atoms with Gasteiger partial charge in [0.1, 0.15) is 12.4 Å². The van der Waals surface area contributed by atoms with E-state index < -0.39 is 0 Å². The average molecular weight is 360 g/mol. The molecule has 2 heterocycles. The highest BCUT2D eigenvalue weighted by Gasteiger charge is 2.30. The fraction of sp³-hybridized carbons (Fsp3) is 0.421. The second-order valence-electron chi connectivity index (χ2n) is 5.98. The maximum absolute atomic E-state index is 12.6. The molecule has 0 aliphatic carbocycles. The molecular formula is C19H24N2O3S. The second-order valence-corrected chi connectivity index (χ2v) is 6.96. The fourth-order valence-electron chi connectivity index (χ4n) is 3.06. The van der Waals surface area contributed by atoms with Crippen LogP contribution in [0.5, 0.6) is 5.75 Å². The van der Waals surface area contributed by atoms with Gasteiger partial charge in [-0.2, -0.15) is 0 Å². The molecule has 6 heteroatoms. The first-order chi connectivity index (χ1) is 12.3. The Morgan fingerprint density at radius 1 is 1.32 bits per heavy atom. The molecule has 1 amide bonds. The Labute approximate surface area is 152 Å². The fourth-order valence-corrected chi connectivity index (χ4v) is 3.93. The lowest BCUT2D eigenvalue weighted by molar-refractivity contribution is -0.130. The molecule has 1 aliphatic heterocycles. The van der Waals surface area contributed by atoms with Gasteiger partial charge < -0.3 is 19.7 Å². The largest absolute Gasteiger partial charge is 0.491 e. The van der Waals surface area contributed by atoms with Crippen LogP contribution >= 0.6 is 11.3 Å². The van der Waals surface area contributed by atoms with E-state index in [0.717, 1.165) is 30.8 Å². The molecule has 2 aromatic rings. The Kier molecular flexibility index (Phi) is 6.30. The monoisotopic (exact) mass is 360 g/mol. The van der Waals surface area contributed by atoms with E-state index in [1.165, 1.54) is 4.88 Å². The van der Waals surface area contributed by atoms with Gasteiger partial charge in [-0.05, 0) is 36.4 Å². The van der Waals surface area contributed by atoms with Crippen LogP contribution in [0.3, 0.4) is 0 Å². The molecule has 1 N–H and O–H groups in total. The number of anilines is 1. The van der Waals surface area contributed by atoms with Crippen LogP contribution in [0.25, 0.3) is 0 Å². The number of benzene rings is 1. The van der Waals surface area contributed by atoms with Crippen LogP contribution < -0.4 is 10.1 Å². The summed E-state index contributed by atoms with van der Waals surface area (Å²) in [5, 5.41) is 5.29. The number of rotatable bonds is 8. The molecule has 5 nitrogen and oxygen atoms in total. The van der Waals surface area contributed by atoms with Crippen molar-refractivity contribution in [3.8, 4) is 5.75 Å². The zero-order valence-electron chi connectivity index (χ0n) is 14.4. The SMILES string of the molecule is COCCOc1cccc(NCC(=O)N2CCCC2c2cccs2)c1. The van der Waals surface area contributed by atoms with Gasteiger partial charge >= 0.3 is 0 Å². The first kappa shape index (κ1) is 17.8. The van der Waals surface area contributed by atoms with Gasteiger partial charge in [-0.1, -0.05) is 12.1 Å². The van der Waals surface area contributed by atoms with Gasteiger partial charge in [0.15, 0.2) is 0 Å². The van der Waals surface area contributed by atoms with Gasteiger partial charge in [0, 0.05) is 30.3 Å². The first-order valence-electron chi connectivity index (χ1n) is 8.56. The summed E-state index contributed by atoms with van der Waals surface area (Å²) in [5.74, 6) is 0.911. The van der Waals surface area contributed by atoms with Gasteiger partial charge in [0.2, 0.25) is 5.91 Å². The second kappa shape index (κ2) is 8.87. The summed E-state index contributed by atoms with van der Waals surface area (Å²) in [7, 11) is 1.65. The van der Waals surface area contributed by atoms with Gasteiger partial charge in [-0.15, -0.1) is 11.3 Å². The normalized spacial score (nSPS) is 16.8. The molecule has 1 aromatic heterocycles. The number of hydrogen-bond donors (Lipinski definition) is 1. The van der Waals surface area contributed by atoms with E-state index in [4.69, 9.17) is 9.47 Å². The third kappa shape index (κ3) is 4.74. The van der Waals surface area contributed by atoms with Crippen LogP contribution in [0.15, 0.2) is 41.8 Å². The van der Waals surface area contributed by atoms with Crippen molar-refractivity contribution in [2.45, 2.75) is 18.9 Å². The van der Waals surface area contributed by atoms with Crippen molar-refractivity contribution in [3.63, 3.8) is 0 Å². The highest BCUT2D eigenvalue weighted by molar-refractivity contribution is 7.10. The van der Waals surface area contributed by atoms with Crippen molar-refractivity contribution in [1.29, 1.82) is 0 Å². The number of methoxy groups -OCH3 is 1. The van der Waals surface area contributed by atoms with Crippen molar-refractivity contribution in [1.82, 2.24) is 4.90 Å². The van der Waals surface area contributed by atoms with Crippen molar-refractivity contribution in [3.05, 3.63) is 46.7 Å². The van der Waals surface area contributed by atoms with Gasteiger partial charge in [0.25, 0.3) is 0 Å². The van der Waals surface area contributed by atoms with E-state index in [2.05, 4.69) is 16.8 Å². The summed E-state index contributed by atoms with van der Waals surface area (Å²) in [6, 6.07) is 12.1. The average Bonchev–Trinajstić information content (AvgIpc) is 3.31. The van der Waals surface area contributed by atoms with Gasteiger partial charge in [0.05, 0.1) is 19.2 Å².